The van der Waals surface area contributed by atoms with Crippen LogP contribution in [0, 0.1) is 0 Å². The molecule has 3 aromatic rings. The summed E-state index contributed by atoms with van der Waals surface area (Å²) in [6.45, 7) is 0.500. The number of halogens is 1. The zero-order valence-electron chi connectivity index (χ0n) is 14.3. The summed E-state index contributed by atoms with van der Waals surface area (Å²) in [6.07, 6.45) is 2.22. The number of hydrogen-bond acceptors (Lipinski definition) is 3. The summed E-state index contributed by atoms with van der Waals surface area (Å²) in [5.41, 5.74) is 3.00. The van der Waals surface area contributed by atoms with Crippen molar-refractivity contribution in [3.8, 4) is 5.75 Å². The molecule has 1 aliphatic rings. The topological polar surface area (TPSA) is 56.1 Å². The van der Waals surface area contributed by atoms with Gasteiger partial charge >= 0.3 is 0 Å². The molecule has 1 aromatic heterocycles. The zero-order valence-corrected chi connectivity index (χ0v) is 15.0. The minimum atomic E-state index is -0.0474. The minimum absolute atomic E-state index is 0.0220. The van der Waals surface area contributed by atoms with Gasteiger partial charge in [-0.1, -0.05) is 41.9 Å². The molecule has 1 atom stereocenters. The van der Waals surface area contributed by atoms with Gasteiger partial charge in [-0.2, -0.15) is 5.10 Å². The summed E-state index contributed by atoms with van der Waals surface area (Å²) >= 11 is 6.27. The van der Waals surface area contributed by atoms with Gasteiger partial charge in [-0.25, -0.2) is 4.68 Å². The van der Waals surface area contributed by atoms with Crippen LogP contribution in [-0.2, 0) is 11.3 Å². The third kappa shape index (κ3) is 3.06. The standard InChI is InChI=1S/C20H18ClN3O2/c1-26-15-7-4-6-13(9-15)16-10-19(25)23-20-17(16)11-22-24(20)12-14-5-2-3-8-18(14)21/h2-9,11,16H,10,12H2,1H3,(H,23,25)/t16-/m0/s1. The molecular weight excluding hydrogens is 350 g/mol. The fourth-order valence-electron chi connectivity index (χ4n) is 3.33. The van der Waals surface area contributed by atoms with Crippen LogP contribution in [0.4, 0.5) is 5.82 Å². The molecule has 0 radical (unpaired) electrons. The van der Waals surface area contributed by atoms with Gasteiger partial charge in [0, 0.05) is 22.9 Å². The van der Waals surface area contributed by atoms with Gasteiger partial charge in [0.25, 0.3) is 0 Å². The van der Waals surface area contributed by atoms with Crippen molar-refractivity contribution >= 4 is 23.3 Å². The number of methoxy groups -OCH3 is 1. The maximum absolute atomic E-state index is 12.3. The summed E-state index contributed by atoms with van der Waals surface area (Å²) in [6, 6.07) is 15.5. The Balaban J connectivity index is 1.72. The average molecular weight is 368 g/mol. The molecule has 4 rings (SSSR count). The lowest BCUT2D eigenvalue weighted by Crippen LogP contribution is -2.25. The minimum Gasteiger partial charge on any atom is -0.497 e. The molecule has 26 heavy (non-hydrogen) atoms. The van der Waals surface area contributed by atoms with Gasteiger partial charge in [0.2, 0.25) is 5.91 Å². The third-order valence-corrected chi connectivity index (χ3v) is 5.03. The van der Waals surface area contributed by atoms with E-state index in [-0.39, 0.29) is 11.8 Å². The lowest BCUT2D eigenvalue weighted by Gasteiger charge is -2.24. The Hall–Kier alpha value is -2.79. The highest BCUT2D eigenvalue weighted by Crippen LogP contribution is 2.38. The number of hydrogen-bond donors (Lipinski definition) is 1. The maximum Gasteiger partial charge on any atom is 0.226 e. The molecule has 5 nitrogen and oxygen atoms in total. The zero-order chi connectivity index (χ0) is 18.1. The van der Waals surface area contributed by atoms with Gasteiger partial charge in [0.1, 0.15) is 11.6 Å². The number of carbonyl (C=O) groups excluding carboxylic acids is 1. The van der Waals surface area contributed by atoms with Crippen molar-refractivity contribution in [1.29, 1.82) is 0 Å². The number of aromatic nitrogens is 2. The van der Waals surface area contributed by atoms with Crippen LogP contribution >= 0.6 is 11.6 Å². The van der Waals surface area contributed by atoms with Gasteiger partial charge in [0.15, 0.2) is 0 Å². The molecule has 0 aliphatic carbocycles. The van der Waals surface area contributed by atoms with E-state index in [0.29, 0.717) is 18.0 Å². The highest BCUT2D eigenvalue weighted by Gasteiger charge is 2.30. The van der Waals surface area contributed by atoms with E-state index in [1.165, 1.54) is 0 Å². The smallest absolute Gasteiger partial charge is 0.226 e. The Labute approximate surface area is 156 Å². The number of fused-ring (bicyclic) bond motifs is 1. The average Bonchev–Trinajstić information content (AvgIpc) is 3.05. The number of anilines is 1. The van der Waals surface area contributed by atoms with E-state index in [1.54, 1.807) is 11.8 Å². The van der Waals surface area contributed by atoms with Crippen LogP contribution < -0.4 is 10.1 Å². The number of benzene rings is 2. The molecule has 0 spiro atoms. The molecule has 132 valence electrons. The second-order valence-electron chi connectivity index (χ2n) is 6.28. The predicted molar refractivity (Wildman–Crippen MR) is 101 cm³/mol. The van der Waals surface area contributed by atoms with Crippen molar-refractivity contribution < 1.29 is 9.53 Å². The lowest BCUT2D eigenvalue weighted by molar-refractivity contribution is -0.116. The van der Waals surface area contributed by atoms with E-state index in [4.69, 9.17) is 16.3 Å². The van der Waals surface area contributed by atoms with Gasteiger partial charge in [-0.15, -0.1) is 0 Å². The molecule has 2 heterocycles. The van der Waals surface area contributed by atoms with Crippen molar-refractivity contribution in [3.63, 3.8) is 0 Å². The second kappa shape index (κ2) is 6.84. The Morgan fingerprint density at radius 3 is 2.92 bits per heavy atom. The van der Waals surface area contributed by atoms with Crippen LogP contribution in [0.3, 0.4) is 0 Å². The number of nitrogens with one attached hydrogen (secondary N) is 1. The van der Waals surface area contributed by atoms with Crippen LogP contribution in [0.15, 0.2) is 54.7 Å². The van der Waals surface area contributed by atoms with E-state index in [0.717, 1.165) is 28.3 Å². The van der Waals surface area contributed by atoms with E-state index in [2.05, 4.69) is 10.4 Å². The Bertz CT molecular complexity index is 967. The van der Waals surface area contributed by atoms with Crippen LogP contribution in [-0.4, -0.2) is 22.8 Å². The van der Waals surface area contributed by atoms with Gasteiger partial charge in [-0.05, 0) is 29.3 Å². The molecule has 6 heteroatoms. The van der Waals surface area contributed by atoms with Crippen molar-refractivity contribution in [3.05, 3.63) is 76.4 Å². The van der Waals surface area contributed by atoms with E-state index >= 15 is 0 Å². The van der Waals surface area contributed by atoms with Crippen molar-refractivity contribution in [2.75, 3.05) is 12.4 Å². The number of carbonyl (C=O) groups is 1. The molecule has 0 saturated carbocycles. The fourth-order valence-corrected chi connectivity index (χ4v) is 3.53. The van der Waals surface area contributed by atoms with E-state index in [1.807, 2.05) is 54.7 Å². The first kappa shape index (κ1) is 16.7. The highest BCUT2D eigenvalue weighted by atomic mass is 35.5. The first-order chi connectivity index (χ1) is 12.7. The summed E-state index contributed by atoms with van der Waals surface area (Å²) in [7, 11) is 1.64. The van der Waals surface area contributed by atoms with Crippen molar-refractivity contribution in [2.24, 2.45) is 0 Å². The van der Waals surface area contributed by atoms with Gasteiger partial charge < -0.3 is 10.1 Å². The van der Waals surface area contributed by atoms with Crippen LogP contribution in [0.1, 0.15) is 29.0 Å². The molecule has 1 N–H and O–H groups in total. The molecule has 2 aromatic carbocycles. The van der Waals surface area contributed by atoms with E-state index in [9.17, 15) is 4.79 Å². The summed E-state index contributed by atoms with van der Waals surface area (Å²) in [5.74, 6) is 1.44. The summed E-state index contributed by atoms with van der Waals surface area (Å²) in [5, 5.41) is 8.15. The number of rotatable bonds is 4. The summed E-state index contributed by atoms with van der Waals surface area (Å²) in [4.78, 5) is 12.3. The van der Waals surface area contributed by atoms with Gasteiger partial charge in [-0.3, -0.25) is 4.79 Å². The van der Waals surface area contributed by atoms with E-state index < -0.39 is 0 Å². The number of ether oxygens (including phenoxy) is 1. The Kier molecular flexibility index (Phi) is 4.39. The highest BCUT2D eigenvalue weighted by molar-refractivity contribution is 6.31. The van der Waals surface area contributed by atoms with Gasteiger partial charge in [0.05, 0.1) is 19.9 Å². The van der Waals surface area contributed by atoms with Crippen LogP contribution in [0.25, 0.3) is 0 Å². The molecule has 0 saturated heterocycles. The predicted octanol–water partition coefficient (Wildman–Crippen LogP) is 4.07. The maximum atomic E-state index is 12.3. The molecule has 1 amide bonds. The fraction of sp³-hybridized carbons (Fsp3) is 0.200. The van der Waals surface area contributed by atoms with Crippen LogP contribution in [0.2, 0.25) is 5.02 Å². The quantitative estimate of drug-likeness (QED) is 0.756. The Morgan fingerprint density at radius 2 is 2.12 bits per heavy atom. The SMILES string of the molecule is COc1cccc([C@@H]2CC(=O)Nc3c2cnn3Cc2ccccc2Cl)c1. The molecule has 0 unspecified atom stereocenters. The van der Waals surface area contributed by atoms with Crippen molar-refractivity contribution in [2.45, 2.75) is 18.9 Å². The largest absolute Gasteiger partial charge is 0.497 e. The summed E-state index contributed by atoms with van der Waals surface area (Å²) < 4.78 is 7.11. The normalized spacial score (nSPS) is 16.1. The molecule has 0 fully saturated rings. The first-order valence-corrected chi connectivity index (χ1v) is 8.76. The number of nitrogens with zero attached hydrogens (tertiary/aromatic N) is 2. The lowest BCUT2D eigenvalue weighted by atomic mass is 9.87. The van der Waals surface area contributed by atoms with Crippen molar-refractivity contribution in [1.82, 2.24) is 9.78 Å². The van der Waals surface area contributed by atoms with Crippen LogP contribution in [0.5, 0.6) is 5.75 Å². The second-order valence-corrected chi connectivity index (χ2v) is 6.69. The first-order valence-electron chi connectivity index (χ1n) is 8.38. The monoisotopic (exact) mass is 367 g/mol. The Morgan fingerprint density at radius 1 is 1.27 bits per heavy atom. The molecule has 1 aliphatic heterocycles. The molecular formula is C20H18ClN3O2. The third-order valence-electron chi connectivity index (χ3n) is 4.66. The number of amides is 1. The molecule has 0 bridgehead atoms.